The number of amides is 1. The van der Waals surface area contributed by atoms with Gasteiger partial charge in [0, 0.05) is 19.8 Å². The summed E-state index contributed by atoms with van der Waals surface area (Å²) in [6, 6.07) is 5.98. The molecule has 0 saturated carbocycles. The number of nitrogens with zero attached hydrogens (tertiary/aromatic N) is 2. The first-order chi connectivity index (χ1) is 9.88. The Morgan fingerprint density at radius 2 is 2.14 bits per heavy atom. The van der Waals surface area contributed by atoms with Crippen molar-refractivity contribution in [1.82, 2.24) is 9.88 Å². The van der Waals surface area contributed by atoms with Crippen molar-refractivity contribution < 1.29 is 9.18 Å². The van der Waals surface area contributed by atoms with Crippen molar-refractivity contribution >= 4 is 23.3 Å². The number of rotatable bonds is 3. The Bertz CT molecular complexity index is 691. The molecular weight excluding hydrogens is 293 g/mol. The van der Waals surface area contributed by atoms with Crippen LogP contribution in [0.3, 0.4) is 0 Å². The number of nitrogens with two attached hydrogens (primary N) is 1. The van der Waals surface area contributed by atoms with Gasteiger partial charge in [-0.15, -0.1) is 0 Å². The number of anilines is 1. The van der Waals surface area contributed by atoms with Crippen molar-refractivity contribution in [3.63, 3.8) is 0 Å². The second kappa shape index (κ2) is 6.10. The molecule has 0 aliphatic rings. The highest BCUT2D eigenvalue weighted by Crippen LogP contribution is 2.19. The number of halogens is 2. The summed E-state index contributed by atoms with van der Waals surface area (Å²) in [5.41, 5.74) is 7.53. The number of aryl methyl sites for hydroxylation is 1. The number of carbonyl (C=O) groups is 1. The standard InChI is InChI=1S/C15H15ClFN3O/c1-9-3-4-12(17)5-11(9)8-20(2)15(21)10-6-13(16)14(18)19-7-10/h3-7H,8H2,1-2H3,(H2,18,19). The molecule has 0 bridgehead atoms. The van der Waals surface area contributed by atoms with E-state index in [0.717, 1.165) is 11.1 Å². The van der Waals surface area contributed by atoms with Gasteiger partial charge in [-0.05, 0) is 36.2 Å². The van der Waals surface area contributed by atoms with E-state index in [0.29, 0.717) is 12.1 Å². The van der Waals surface area contributed by atoms with E-state index in [2.05, 4.69) is 4.98 Å². The Hall–Kier alpha value is -2.14. The first-order valence-electron chi connectivity index (χ1n) is 6.30. The molecule has 1 heterocycles. The molecule has 0 aliphatic heterocycles. The van der Waals surface area contributed by atoms with Crippen LogP contribution in [0.25, 0.3) is 0 Å². The average molecular weight is 308 g/mol. The molecule has 0 saturated heterocycles. The predicted octanol–water partition coefficient (Wildman–Crippen LogP) is 3.04. The number of benzene rings is 1. The van der Waals surface area contributed by atoms with Gasteiger partial charge >= 0.3 is 0 Å². The molecule has 6 heteroatoms. The fourth-order valence-corrected chi connectivity index (χ4v) is 2.09. The van der Waals surface area contributed by atoms with Gasteiger partial charge in [0.1, 0.15) is 11.6 Å². The first-order valence-corrected chi connectivity index (χ1v) is 6.68. The average Bonchev–Trinajstić information content (AvgIpc) is 2.45. The molecule has 1 aromatic carbocycles. The van der Waals surface area contributed by atoms with Crippen LogP contribution in [0.2, 0.25) is 5.02 Å². The summed E-state index contributed by atoms with van der Waals surface area (Å²) >= 11 is 5.86. The van der Waals surface area contributed by atoms with Crippen LogP contribution >= 0.6 is 11.6 Å². The normalized spacial score (nSPS) is 10.5. The van der Waals surface area contributed by atoms with Crippen LogP contribution in [0.1, 0.15) is 21.5 Å². The maximum atomic E-state index is 13.3. The maximum Gasteiger partial charge on any atom is 0.255 e. The topological polar surface area (TPSA) is 59.2 Å². The molecule has 2 rings (SSSR count). The minimum Gasteiger partial charge on any atom is -0.382 e. The van der Waals surface area contributed by atoms with E-state index in [1.807, 2.05) is 6.92 Å². The molecule has 0 unspecified atom stereocenters. The van der Waals surface area contributed by atoms with Crippen LogP contribution in [-0.4, -0.2) is 22.8 Å². The van der Waals surface area contributed by atoms with Crippen LogP contribution in [-0.2, 0) is 6.54 Å². The van der Waals surface area contributed by atoms with E-state index in [1.54, 1.807) is 13.1 Å². The molecule has 0 aliphatic carbocycles. The molecule has 0 atom stereocenters. The third kappa shape index (κ3) is 3.49. The minimum absolute atomic E-state index is 0.178. The van der Waals surface area contributed by atoms with Gasteiger partial charge in [-0.2, -0.15) is 0 Å². The van der Waals surface area contributed by atoms with Crippen molar-refractivity contribution in [2.45, 2.75) is 13.5 Å². The predicted molar refractivity (Wildman–Crippen MR) is 80.6 cm³/mol. The van der Waals surface area contributed by atoms with Gasteiger partial charge < -0.3 is 10.6 Å². The van der Waals surface area contributed by atoms with E-state index in [9.17, 15) is 9.18 Å². The largest absolute Gasteiger partial charge is 0.382 e. The van der Waals surface area contributed by atoms with E-state index >= 15 is 0 Å². The molecule has 1 amide bonds. The summed E-state index contributed by atoms with van der Waals surface area (Å²) in [5, 5.41) is 0.233. The number of carbonyl (C=O) groups excluding carboxylic acids is 1. The lowest BCUT2D eigenvalue weighted by atomic mass is 10.1. The molecule has 110 valence electrons. The quantitative estimate of drug-likeness (QED) is 0.948. The molecule has 4 nitrogen and oxygen atoms in total. The maximum absolute atomic E-state index is 13.3. The second-order valence-electron chi connectivity index (χ2n) is 4.82. The zero-order valence-corrected chi connectivity index (χ0v) is 12.5. The zero-order chi connectivity index (χ0) is 15.6. The Morgan fingerprint density at radius 1 is 1.43 bits per heavy atom. The Kier molecular flexibility index (Phi) is 4.43. The van der Waals surface area contributed by atoms with E-state index in [-0.39, 0.29) is 22.6 Å². The van der Waals surface area contributed by atoms with Crippen molar-refractivity contribution in [2.24, 2.45) is 0 Å². The highest BCUT2D eigenvalue weighted by Gasteiger charge is 2.15. The van der Waals surface area contributed by atoms with E-state index in [1.165, 1.54) is 29.3 Å². The monoisotopic (exact) mass is 307 g/mol. The fraction of sp³-hybridized carbons (Fsp3) is 0.200. The van der Waals surface area contributed by atoms with E-state index < -0.39 is 0 Å². The third-order valence-corrected chi connectivity index (χ3v) is 3.48. The zero-order valence-electron chi connectivity index (χ0n) is 11.7. The molecular formula is C15H15ClFN3O. The highest BCUT2D eigenvalue weighted by atomic mass is 35.5. The van der Waals surface area contributed by atoms with Gasteiger partial charge in [0.25, 0.3) is 5.91 Å². The van der Waals surface area contributed by atoms with Crippen LogP contribution in [0.15, 0.2) is 30.5 Å². The van der Waals surface area contributed by atoms with E-state index in [4.69, 9.17) is 17.3 Å². The molecule has 2 N–H and O–H groups in total. The lowest BCUT2D eigenvalue weighted by Gasteiger charge is -2.18. The molecule has 2 aromatic rings. The molecule has 0 fully saturated rings. The number of pyridine rings is 1. The number of hydrogen-bond donors (Lipinski definition) is 1. The summed E-state index contributed by atoms with van der Waals surface area (Å²) in [7, 11) is 1.64. The SMILES string of the molecule is Cc1ccc(F)cc1CN(C)C(=O)c1cnc(N)c(Cl)c1. The van der Waals surface area contributed by atoms with Gasteiger partial charge in [-0.25, -0.2) is 9.37 Å². The Morgan fingerprint density at radius 3 is 2.81 bits per heavy atom. The number of nitrogen functional groups attached to an aromatic ring is 1. The number of aromatic nitrogens is 1. The van der Waals surface area contributed by atoms with Gasteiger partial charge in [-0.1, -0.05) is 17.7 Å². The van der Waals surface area contributed by atoms with Crippen LogP contribution in [0.5, 0.6) is 0 Å². The lowest BCUT2D eigenvalue weighted by Crippen LogP contribution is -2.26. The summed E-state index contributed by atoms with van der Waals surface area (Å²) < 4.78 is 13.3. The summed E-state index contributed by atoms with van der Waals surface area (Å²) in [5.74, 6) is -0.404. The lowest BCUT2D eigenvalue weighted by molar-refractivity contribution is 0.0784. The van der Waals surface area contributed by atoms with Crippen LogP contribution in [0, 0.1) is 12.7 Å². The van der Waals surface area contributed by atoms with Crippen molar-refractivity contribution in [3.8, 4) is 0 Å². The summed E-state index contributed by atoms with van der Waals surface area (Å²) in [6.45, 7) is 2.17. The summed E-state index contributed by atoms with van der Waals surface area (Å²) in [4.78, 5) is 17.6. The molecule has 21 heavy (non-hydrogen) atoms. The minimum atomic E-state index is -0.325. The Labute approximate surface area is 127 Å². The smallest absolute Gasteiger partial charge is 0.255 e. The number of hydrogen-bond acceptors (Lipinski definition) is 3. The van der Waals surface area contributed by atoms with Crippen molar-refractivity contribution in [3.05, 3.63) is 58.0 Å². The molecule has 0 radical (unpaired) electrons. The van der Waals surface area contributed by atoms with Gasteiger partial charge in [0.05, 0.1) is 10.6 Å². The van der Waals surface area contributed by atoms with Crippen molar-refractivity contribution in [1.29, 1.82) is 0 Å². The third-order valence-electron chi connectivity index (χ3n) is 3.18. The van der Waals surface area contributed by atoms with Gasteiger partial charge in [0.15, 0.2) is 0 Å². The van der Waals surface area contributed by atoms with Crippen molar-refractivity contribution in [2.75, 3.05) is 12.8 Å². The first kappa shape index (κ1) is 15.3. The Balaban J connectivity index is 2.19. The molecule has 0 spiro atoms. The van der Waals surface area contributed by atoms with Crippen LogP contribution < -0.4 is 5.73 Å². The fourth-order valence-electron chi connectivity index (χ4n) is 1.92. The highest BCUT2D eigenvalue weighted by molar-refractivity contribution is 6.33. The summed E-state index contributed by atoms with van der Waals surface area (Å²) in [6.07, 6.45) is 1.37. The second-order valence-corrected chi connectivity index (χ2v) is 5.23. The molecule has 1 aromatic heterocycles. The van der Waals surface area contributed by atoms with Gasteiger partial charge in [0.2, 0.25) is 0 Å². The van der Waals surface area contributed by atoms with Gasteiger partial charge in [-0.3, -0.25) is 4.79 Å². The van der Waals surface area contributed by atoms with Crippen LogP contribution in [0.4, 0.5) is 10.2 Å².